The van der Waals surface area contributed by atoms with Crippen molar-refractivity contribution in [3.8, 4) is 0 Å². The van der Waals surface area contributed by atoms with Crippen molar-refractivity contribution in [1.29, 1.82) is 0 Å². The third-order valence-electron chi connectivity index (χ3n) is 0. The highest BCUT2D eigenvalue weighted by molar-refractivity contribution is 2.57. The molecule has 0 spiro atoms. The number of hydrogen-bond donors (Lipinski definition) is 0. The Labute approximate surface area is 968 Å². The Morgan fingerprint density at radius 3 is 0.0441 bits per heavy atom. The third-order valence-corrected chi connectivity index (χ3v) is 0. The molecule has 856 valence electrons. The molecule has 0 aromatic heterocycles. The zero-order valence-corrected chi connectivity index (χ0v) is 0. The van der Waals surface area contributed by atoms with Gasteiger partial charge in [0.15, 0.2) is 0 Å². The van der Waals surface area contributed by atoms with Crippen molar-refractivity contribution in [1.82, 2.24) is 0 Å². The Bertz CT molecular complexity index is 255. The molecule has 0 aliphatic rings. The lowest BCUT2D eigenvalue weighted by atomic mass is 12.0. The highest BCUT2D eigenvalue weighted by atomic mass is 12.1. The summed E-state index contributed by atoms with van der Waals surface area (Å²) >= 11 is 0. The molecule has 68 heavy (non-hydrogen) atoms. The van der Waals surface area contributed by atoms with Gasteiger partial charge in [-0.05, 0) is 0 Å². The topological polar surface area (TPSA) is 0 Å². The Morgan fingerprint density at radius 2 is 0.0441 bits per heavy atom. The summed E-state index contributed by atoms with van der Waals surface area (Å²) in [5.41, 5.74) is 0. The van der Waals surface area contributed by atoms with Crippen molar-refractivity contribution in [2.45, 2.75) is 505 Å². The fourth-order valence-electron chi connectivity index (χ4n) is 0. The minimum atomic E-state index is 0. The van der Waals surface area contributed by atoms with Crippen LogP contribution in [0.15, 0.2) is 0 Å². The van der Waals surface area contributed by atoms with Gasteiger partial charge in [-0.15, -0.1) is 0 Å². The van der Waals surface area contributed by atoms with E-state index < -0.39 is 0 Å². The van der Waals surface area contributed by atoms with E-state index in [2.05, 4.69) is 0 Å². The van der Waals surface area contributed by atoms with Crippen LogP contribution in [0, 0.1) is 0 Å². The normalized spacial score (nSPS) is 17.2. The van der Waals surface area contributed by atoms with Gasteiger partial charge in [-0.1, -0.05) is 505 Å². The van der Waals surface area contributed by atoms with Gasteiger partial charge in [0.2, 0.25) is 0 Å². The van der Waals surface area contributed by atoms with Crippen LogP contribution >= 0.6 is 0 Å². The van der Waals surface area contributed by atoms with Crippen LogP contribution in [-0.2, 0) is 0 Å². The summed E-state index contributed by atoms with van der Waals surface area (Å²) in [5.74, 6) is 0. The van der Waals surface area contributed by atoms with Crippen molar-refractivity contribution in [2.24, 2.45) is 0 Å². The monoisotopic (exact) mass is 1710 g/mol. The van der Waals surface area contributed by atoms with Gasteiger partial charge in [-0.25, -0.2) is 0 Å². The van der Waals surface area contributed by atoms with E-state index in [0.717, 1.165) is 0 Å². The molecule has 0 heteroatoms. The molecule has 0 nitrogen and oxygen atoms in total. The Balaban J connectivity index is -0.00000000261. The van der Waals surface area contributed by atoms with Crippen molar-refractivity contribution >= 4 is 0 Å². The summed E-state index contributed by atoms with van der Waals surface area (Å²) in [6.07, 6.45) is 0. The van der Waals surface area contributed by atoms with Gasteiger partial charge in [0.25, 0.3) is 0 Å². The van der Waals surface area contributed by atoms with Crippen LogP contribution in [0.3, 0.4) is 0 Å². The van der Waals surface area contributed by atoms with Gasteiger partial charge in [-0.3, -0.25) is 0 Å². The summed E-state index contributed by atoms with van der Waals surface area (Å²) in [6, 6.07) is 0. The van der Waals surface area contributed by atoms with E-state index in [9.17, 15) is 0 Å². The molecule has 0 aromatic rings. The second kappa shape index (κ2) is 0. The average Bonchev–Trinajstić information content (AvgIpc) is 4.64. The third kappa shape index (κ3) is 0. The largest absolute Gasteiger partial charge is 0.0776 e. The lowest BCUT2D eigenvalue weighted by Gasteiger charge is -0.0786. The zero-order chi connectivity index (χ0) is 292. The highest BCUT2D eigenvalue weighted by Gasteiger charge is -0.0106. The molecule has 0 atom stereocenters. The fraction of sp³-hybridized carbons (Fsp3) is 1.00. The van der Waals surface area contributed by atoms with Crippen LogP contribution in [0.1, 0.15) is 953 Å². The predicted molar refractivity (Wildman–Crippen MR) is 787 cm³/mol. The standard InChI is InChI=1S/68CH4.156H2/h68*1H4;156*1H/i;;;;;;;;;;;;;;;;;;;;;;;;;;;;;;;;;;;;;;;;;;;;;;;;;;;;;;;;;;;;;;;;;;;;146*1+1D;10*1+1. The van der Waals surface area contributed by atoms with E-state index in [1.165, 1.54) is 0 Å². The van der Waals surface area contributed by atoms with Crippen LogP contribution in [-0.4, -0.2) is 0 Å². The molecule has 0 unspecified atom stereocenters. The van der Waals surface area contributed by atoms with Crippen molar-refractivity contribution < 1.29 is 448 Å². The van der Waals surface area contributed by atoms with Crippen LogP contribution < -0.4 is 0 Å². The molecule has 0 rings (SSSR count). The Kier molecular flexibility index (Phi) is 0. The van der Waals surface area contributed by atoms with Gasteiger partial charge >= 0.3 is 0 Å². The van der Waals surface area contributed by atoms with Gasteiger partial charge in [0.05, 0.1) is 0 Å². The SMILES string of the molecule is C.C.C.C.C.C.C.C.C.C.C.C.C.C.C.C.C.C.C.C.C.C.C.C.C.C.C.C.C.C.C.C.C.C.C.C.C.C.C.C.C.C.C.C.C.C.C.C.C.C.C.C.C.C.C.C.C.C.C.C.C.C.C.C.C.C.C.C.[2HH].[2HH].[2HH].[2HH].[2HH].[2HH].[2HH].[2HH].[2HH].[2HH].[2H][2H].[2H][2H].[2H][2H].[2H][2H].[2H][2H].[2H][2H].[2H][2H].[2H][2H].[2H][2H].[2H][2H].[2H][2H].[2H][2H].[2H][2H].[2H][2H].[2H][2H].[2H][2H].[2H][2H].[2H][2H].[2H][2H].[2H][2H].[2H][2H].[2H][2H].[2H][2H].[2H][2H].[2H][2H].[2H][2H].[2H][2H].[2H][2H].[2H][2H].[2H][2H].[2H][2H].[2H][2H].[2H][2H].[2H][2H].[2H][2H].[2H][2H].[2H][2H].[2H][2H].[2H][2H].[2H][2H].[2H][2H].[2H][2H].[2H][2H].[2H][2H].[2H][2H].[2H][2H].[2H][2H].[2H][2H].[2H][2H].[2H][2H].[2H][2H].[2H][2H].[2H][2H].[2H][2H].[2H][2H].[2H][2H].[2H][2H].[2H][2H].[2H][2H].[2H][2H].[2H][2H].[2H][2H].[2H][2H].[2H][2H].[2H][2H].[2H][2H].[2H][2H].[2H][2H].[2H][2H].[2H][2H].[2H][2H].[2H][2H].[2H][2H].[2H][2H].[2H][2H].[2H][2H].[2H][2H].[2H][2H].[2H][2H].[2H][2H].[2H][2H].[2H][2H].[2H][2H].[2H][2H].[2H][2H].[2H][2H].[2H][2H].[2H][2H].[2H][2H].[2H][2H].[2H][2H].[2H][2H].[2H][2H].[2H][2H].[2H][2H].[2H][2H].[2H][2H].[2H][2H].[2H][2H].[2H][2H].[2H][2H].[2H][2H].[2H][2H].[2H][2H].[2H][2H].[2H][2H].[2H][2H].[2H][2H].[2H][2H].[2H][2H].[2H][2H].[2H][2H].[2H][2H].[2H][2H].[2H][2H].[2H][2H].[2H][2H].[2H][2H].[2H][2H].[2H][2H].[2H][2H].[2H][2H].[2H][2H].[2H][2H].[2H][2H].[2H][2H].[2H][2H].[2H][2H].[2H][2H].[2H][2H].[2H][2H].[2H][2H].[2H][2H].[2H][2H].[2H][2H].[2H][2H].[2H][2H].[2H][2H].[2H][2H].[2H][2H].[2H][2H].[2H][2H].[2H][2H].[2H][2H].[2H][2H].[2H][2H]. The second-order valence-electron chi connectivity index (χ2n) is 0. The van der Waals surface area contributed by atoms with Gasteiger partial charge < -0.3 is 0 Å². The predicted octanol–water partition coefficient (Wildman–Crippen LogP) is 81.6. The summed E-state index contributed by atoms with van der Waals surface area (Å²) < 4.78 is 1460. The molecule has 0 aromatic carbocycles. The fourth-order valence-corrected chi connectivity index (χ4v) is 0. The molecule has 0 aliphatic carbocycles. The summed E-state index contributed by atoms with van der Waals surface area (Å²) in [5, 5.41) is 0. The lowest BCUT2D eigenvalue weighted by Crippen LogP contribution is 0.143. The maximum absolute atomic E-state index is 5.00. The molecule has 0 radical (unpaired) electrons. The molecule has 0 aliphatic heterocycles. The van der Waals surface area contributed by atoms with Crippen LogP contribution in [0.5, 0.6) is 0 Å². The molecular weight excluding hydrogens is 817 g/mol. The first kappa shape index (κ1) is 14.3. The Hall–Kier alpha value is 0. The van der Waals surface area contributed by atoms with Crippen LogP contribution in [0.25, 0.3) is 0 Å². The van der Waals surface area contributed by atoms with E-state index >= 15 is 0 Å². The lowest BCUT2D eigenvalue weighted by molar-refractivity contribution is 2.50. The molecule has 0 bridgehead atoms. The quantitative estimate of drug-likeness (QED) is 0.227. The molecule has 0 saturated heterocycles. The molecule has 0 heterocycles. The van der Waals surface area contributed by atoms with Crippen molar-refractivity contribution in [3.63, 3.8) is 0 Å². The molecule has 0 fully saturated rings. The van der Waals surface area contributed by atoms with Gasteiger partial charge in [0.1, 0.15) is 0 Å². The minimum Gasteiger partial charge on any atom is -0.0776 e. The number of rotatable bonds is 0. The van der Waals surface area contributed by atoms with E-state index in [-0.39, 0.29) is 519 Å². The Morgan fingerprint density at radius 1 is 0.0441 bits per heavy atom. The summed E-state index contributed by atoms with van der Waals surface area (Å²) in [4.78, 5) is 0. The van der Waals surface area contributed by atoms with Crippen LogP contribution in [0.4, 0.5) is 0 Å². The molecule has 0 amide bonds. The van der Waals surface area contributed by atoms with Gasteiger partial charge in [0, 0.05) is 448 Å². The van der Waals surface area contributed by atoms with Crippen molar-refractivity contribution in [3.05, 3.63) is 0 Å². The van der Waals surface area contributed by atoms with Crippen LogP contribution in [0.2, 0.25) is 0 Å². The first-order valence-corrected chi connectivity index (χ1v) is 0. The average molecular weight is 1710 g/mol. The van der Waals surface area contributed by atoms with Crippen molar-refractivity contribution in [2.75, 3.05) is 0 Å². The van der Waals surface area contributed by atoms with E-state index in [1.54, 1.807) is 0 Å². The van der Waals surface area contributed by atoms with E-state index in [4.69, 9.17) is 434 Å². The maximum atomic E-state index is 5.00. The van der Waals surface area contributed by atoms with E-state index in [1.807, 2.05) is 0 Å². The molecule has 0 N–H and O–H groups in total. The second-order valence-corrected chi connectivity index (χ2v) is 0. The van der Waals surface area contributed by atoms with Gasteiger partial charge in [-0.2, -0.15) is 0 Å². The first-order valence-electron chi connectivity index (χ1n) is 146. The molecule has 0 saturated carbocycles. The molecular formula is C68H584. The smallest absolute Gasteiger partial charge is 0 e. The zero-order valence-electron chi connectivity index (χ0n) is 292. The maximum Gasteiger partial charge on any atom is 0 e. The minimum absolute atomic E-state index is 0. The van der Waals surface area contributed by atoms with E-state index in [0.29, 0.717) is 0 Å². The highest BCUT2D eigenvalue weighted by Crippen LogP contribution is 0.211. The number of hydrogen-bond acceptors (Lipinski definition) is 0. The first-order chi connectivity index (χ1) is 146. The summed E-state index contributed by atoms with van der Waals surface area (Å²) in [7, 11) is 0. The summed E-state index contributed by atoms with van der Waals surface area (Å²) in [6.45, 7) is 0.